The molecule has 2 rings (SSSR count). The molecule has 0 amide bonds. The van der Waals surface area contributed by atoms with Gasteiger partial charge in [0.05, 0.1) is 19.0 Å². The molecule has 0 saturated carbocycles. The van der Waals surface area contributed by atoms with Crippen LogP contribution in [0.25, 0.3) is 0 Å². The van der Waals surface area contributed by atoms with Crippen molar-refractivity contribution in [3.05, 3.63) is 56.7 Å². The van der Waals surface area contributed by atoms with Crippen LogP contribution in [0.5, 0.6) is 11.5 Å². The summed E-state index contributed by atoms with van der Waals surface area (Å²) in [5.74, 6) is 1.51. The fourth-order valence-electron chi connectivity index (χ4n) is 2.08. The van der Waals surface area contributed by atoms with Crippen molar-refractivity contribution in [1.82, 2.24) is 0 Å². The van der Waals surface area contributed by atoms with Crippen molar-refractivity contribution in [3.63, 3.8) is 0 Å². The summed E-state index contributed by atoms with van der Waals surface area (Å²) in [6.45, 7) is 2.08. The number of benzene rings is 2. The Kier molecular flexibility index (Phi) is 5.32. The number of hydrogen-bond acceptors (Lipinski definition) is 2. The Hall–Kier alpha value is -0.750. The largest absolute Gasteiger partial charge is 0.493 e. The lowest BCUT2D eigenvalue weighted by Crippen LogP contribution is -1.99. The monoisotopic (exact) mass is 446 g/mol. The summed E-state index contributed by atoms with van der Waals surface area (Å²) < 4.78 is 12.0. The number of aryl methyl sites for hydroxylation is 1. The molecule has 1 atom stereocenters. The minimum atomic E-state index is 0.138. The zero-order chi connectivity index (χ0) is 14.7. The summed E-state index contributed by atoms with van der Waals surface area (Å²) in [6, 6.07) is 12.5. The van der Waals surface area contributed by atoms with Crippen LogP contribution < -0.4 is 9.47 Å². The van der Waals surface area contributed by atoms with Crippen LogP contribution in [0.15, 0.2) is 36.4 Å². The Morgan fingerprint density at radius 1 is 1.00 bits per heavy atom. The van der Waals surface area contributed by atoms with Gasteiger partial charge in [-0.15, -0.1) is 0 Å². The van der Waals surface area contributed by atoms with Crippen LogP contribution in [-0.4, -0.2) is 14.2 Å². The lowest BCUT2D eigenvalue weighted by molar-refractivity contribution is 0.354. The molecule has 106 valence electrons. The highest BCUT2D eigenvalue weighted by Crippen LogP contribution is 2.38. The van der Waals surface area contributed by atoms with Crippen molar-refractivity contribution >= 4 is 38.5 Å². The van der Waals surface area contributed by atoms with Crippen LogP contribution >= 0.6 is 38.5 Å². The molecule has 0 spiro atoms. The van der Waals surface area contributed by atoms with Gasteiger partial charge < -0.3 is 9.47 Å². The maximum absolute atomic E-state index is 5.39. The summed E-state index contributed by atoms with van der Waals surface area (Å²) in [5.41, 5.74) is 3.58. The van der Waals surface area contributed by atoms with Gasteiger partial charge >= 0.3 is 0 Å². The molecule has 2 aromatic rings. The molecule has 0 saturated heterocycles. The molecular weight excluding hydrogens is 431 g/mol. The van der Waals surface area contributed by atoms with Crippen LogP contribution in [0, 0.1) is 10.5 Å². The highest BCUT2D eigenvalue weighted by molar-refractivity contribution is 14.1. The molecule has 0 radical (unpaired) electrons. The van der Waals surface area contributed by atoms with Crippen molar-refractivity contribution in [3.8, 4) is 11.5 Å². The van der Waals surface area contributed by atoms with E-state index in [-0.39, 0.29) is 4.83 Å². The van der Waals surface area contributed by atoms with E-state index in [1.165, 1.54) is 20.3 Å². The lowest BCUT2D eigenvalue weighted by atomic mass is 9.99. The highest BCUT2D eigenvalue weighted by Gasteiger charge is 2.16. The van der Waals surface area contributed by atoms with Crippen molar-refractivity contribution in [2.24, 2.45) is 0 Å². The summed E-state index contributed by atoms with van der Waals surface area (Å²) in [4.78, 5) is 0.138. The highest BCUT2D eigenvalue weighted by atomic mass is 127. The van der Waals surface area contributed by atoms with Crippen molar-refractivity contribution in [2.75, 3.05) is 14.2 Å². The van der Waals surface area contributed by atoms with E-state index < -0.39 is 0 Å². The number of halogens is 2. The molecule has 0 aliphatic carbocycles. The maximum atomic E-state index is 5.39. The van der Waals surface area contributed by atoms with E-state index in [9.17, 15) is 0 Å². The SMILES string of the molecule is COc1cc(C)c(C(Br)c2ccc(I)cc2)cc1OC. The van der Waals surface area contributed by atoms with Gasteiger partial charge in [-0.1, -0.05) is 28.1 Å². The molecule has 2 nitrogen and oxygen atoms in total. The van der Waals surface area contributed by atoms with Gasteiger partial charge in [0.25, 0.3) is 0 Å². The quantitative estimate of drug-likeness (QED) is 0.480. The van der Waals surface area contributed by atoms with Crippen LogP contribution in [0.3, 0.4) is 0 Å². The van der Waals surface area contributed by atoms with Crippen LogP contribution in [0.1, 0.15) is 21.5 Å². The number of ether oxygens (including phenoxy) is 2. The van der Waals surface area contributed by atoms with Gasteiger partial charge in [-0.05, 0) is 70.5 Å². The predicted octanol–water partition coefficient (Wildman–Crippen LogP) is 5.10. The van der Waals surface area contributed by atoms with Gasteiger partial charge in [0.1, 0.15) is 0 Å². The maximum Gasteiger partial charge on any atom is 0.161 e. The van der Waals surface area contributed by atoms with Gasteiger partial charge in [-0.2, -0.15) is 0 Å². The molecule has 0 bridgehead atoms. The molecule has 2 aromatic carbocycles. The Bertz CT molecular complexity index is 596. The Balaban J connectivity index is 2.43. The molecule has 4 heteroatoms. The number of alkyl halides is 1. The first-order chi connectivity index (χ1) is 9.56. The molecule has 0 N–H and O–H groups in total. The van der Waals surface area contributed by atoms with Crippen molar-refractivity contribution in [2.45, 2.75) is 11.8 Å². The molecule has 0 aromatic heterocycles. The van der Waals surface area contributed by atoms with Gasteiger partial charge in [-0.25, -0.2) is 0 Å². The average molecular weight is 447 g/mol. The van der Waals surface area contributed by atoms with Gasteiger partial charge in [0.15, 0.2) is 11.5 Å². The van der Waals surface area contributed by atoms with E-state index >= 15 is 0 Å². The normalized spacial score (nSPS) is 12.1. The minimum absolute atomic E-state index is 0.138. The lowest BCUT2D eigenvalue weighted by Gasteiger charge is -2.17. The van der Waals surface area contributed by atoms with E-state index in [4.69, 9.17) is 9.47 Å². The summed E-state index contributed by atoms with van der Waals surface area (Å²) in [6.07, 6.45) is 0. The van der Waals surface area contributed by atoms with E-state index in [1.807, 2.05) is 12.1 Å². The molecule has 20 heavy (non-hydrogen) atoms. The number of rotatable bonds is 4. The molecule has 0 heterocycles. The summed E-state index contributed by atoms with van der Waals surface area (Å²) in [5, 5.41) is 0. The summed E-state index contributed by atoms with van der Waals surface area (Å²) >= 11 is 6.09. The zero-order valence-corrected chi connectivity index (χ0v) is 15.4. The fourth-order valence-corrected chi connectivity index (χ4v) is 3.24. The second kappa shape index (κ2) is 6.80. The second-order valence-corrected chi connectivity index (χ2v) is 6.64. The Morgan fingerprint density at radius 3 is 2.10 bits per heavy atom. The average Bonchev–Trinajstić information content (AvgIpc) is 2.47. The van der Waals surface area contributed by atoms with Crippen LogP contribution in [0.2, 0.25) is 0 Å². The second-order valence-electron chi connectivity index (χ2n) is 4.48. The first-order valence-electron chi connectivity index (χ1n) is 6.19. The molecule has 0 aliphatic rings. The Labute approximate surface area is 141 Å². The van der Waals surface area contributed by atoms with Crippen molar-refractivity contribution < 1.29 is 9.47 Å². The molecule has 1 unspecified atom stereocenters. The van der Waals surface area contributed by atoms with Gasteiger partial charge in [0.2, 0.25) is 0 Å². The third kappa shape index (κ3) is 3.28. The third-order valence-electron chi connectivity index (χ3n) is 3.21. The van der Waals surface area contributed by atoms with Crippen molar-refractivity contribution in [1.29, 1.82) is 0 Å². The van der Waals surface area contributed by atoms with Gasteiger partial charge in [0, 0.05) is 3.57 Å². The zero-order valence-electron chi connectivity index (χ0n) is 11.6. The topological polar surface area (TPSA) is 18.5 Å². The number of hydrogen-bond donors (Lipinski definition) is 0. The van der Waals surface area contributed by atoms with Gasteiger partial charge in [-0.3, -0.25) is 0 Å². The van der Waals surface area contributed by atoms with Crippen LogP contribution in [-0.2, 0) is 0 Å². The first kappa shape index (κ1) is 15.6. The third-order valence-corrected chi connectivity index (χ3v) is 4.95. The summed E-state index contributed by atoms with van der Waals surface area (Å²) in [7, 11) is 3.31. The van der Waals surface area contributed by atoms with E-state index in [0.717, 1.165) is 11.5 Å². The standard InChI is InChI=1S/C16H16BrIO2/c1-10-8-14(19-2)15(20-3)9-13(10)16(17)11-4-6-12(18)7-5-11/h4-9,16H,1-3H3. The minimum Gasteiger partial charge on any atom is -0.493 e. The first-order valence-corrected chi connectivity index (χ1v) is 8.18. The molecule has 0 fully saturated rings. The molecular formula is C16H16BrIO2. The fraction of sp³-hybridized carbons (Fsp3) is 0.250. The van der Waals surface area contributed by atoms with E-state index in [2.05, 4.69) is 69.7 Å². The van der Waals surface area contributed by atoms with E-state index in [1.54, 1.807) is 14.2 Å². The van der Waals surface area contributed by atoms with E-state index in [0.29, 0.717) is 0 Å². The number of methoxy groups -OCH3 is 2. The molecule has 0 aliphatic heterocycles. The Morgan fingerprint density at radius 2 is 1.55 bits per heavy atom. The smallest absolute Gasteiger partial charge is 0.161 e. The predicted molar refractivity (Wildman–Crippen MR) is 94.2 cm³/mol. The van der Waals surface area contributed by atoms with Crippen LogP contribution in [0.4, 0.5) is 0 Å².